The van der Waals surface area contributed by atoms with E-state index in [0.29, 0.717) is 6.07 Å². The maximum Gasteiger partial charge on any atom is 0.416 e. The molecule has 2 N–H and O–H groups in total. The molecule has 9 heteroatoms. The second kappa shape index (κ2) is 6.25. The molecule has 0 bridgehead atoms. The maximum absolute atomic E-state index is 12.7. The number of benzene rings is 1. The number of halogens is 4. The Balaban J connectivity index is 2.36. The highest BCUT2D eigenvalue weighted by atomic mass is 35.5. The summed E-state index contributed by atoms with van der Waals surface area (Å²) in [6.45, 7) is 0. The third-order valence-corrected chi connectivity index (χ3v) is 3.12. The third kappa shape index (κ3) is 3.78. The first-order chi connectivity index (χ1) is 10.7. The van der Waals surface area contributed by atoms with E-state index in [4.69, 9.17) is 16.7 Å². The number of alkyl halides is 3. The van der Waals surface area contributed by atoms with Crippen LogP contribution >= 0.6 is 11.6 Å². The van der Waals surface area contributed by atoms with E-state index < -0.39 is 29.3 Å². The Morgan fingerprint density at radius 3 is 2.52 bits per heavy atom. The van der Waals surface area contributed by atoms with E-state index in [1.54, 1.807) is 0 Å². The number of hydrogen-bond acceptors (Lipinski definition) is 3. The molecule has 0 aliphatic rings. The van der Waals surface area contributed by atoms with Crippen LogP contribution in [0.25, 0.3) is 0 Å². The number of carboxylic acids is 1. The number of nitrogens with zero attached hydrogens (tertiary/aromatic N) is 1. The van der Waals surface area contributed by atoms with Crippen LogP contribution in [0.5, 0.6) is 0 Å². The van der Waals surface area contributed by atoms with Crippen molar-refractivity contribution in [2.24, 2.45) is 0 Å². The molecule has 5 nitrogen and oxygen atoms in total. The van der Waals surface area contributed by atoms with Crippen molar-refractivity contribution in [2.45, 2.75) is 6.18 Å². The molecule has 2 rings (SSSR count). The minimum absolute atomic E-state index is 0.126. The lowest BCUT2D eigenvalue weighted by molar-refractivity contribution is -0.137. The molecule has 0 fully saturated rings. The number of pyridine rings is 1. The van der Waals surface area contributed by atoms with Crippen LogP contribution < -0.4 is 5.32 Å². The van der Waals surface area contributed by atoms with Gasteiger partial charge in [0.15, 0.2) is 0 Å². The lowest BCUT2D eigenvalue weighted by Gasteiger charge is -2.12. The largest absolute Gasteiger partial charge is 0.478 e. The fourth-order valence-electron chi connectivity index (χ4n) is 1.74. The zero-order valence-electron chi connectivity index (χ0n) is 11.2. The number of aromatic nitrogens is 1. The Kier molecular flexibility index (Phi) is 4.55. The van der Waals surface area contributed by atoms with Crippen molar-refractivity contribution < 1.29 is 27.9 Å². The number of anilines is 1. The van der Waals surface area contributed by atoms with Gasteiger partial charge in [0.2, 0.25) is 0 Å². The minimum atomic E-state index is -4.61. The Hall–Kier alpha value is -2.61. The van der Waals surface area contributed by atoms with Crippen molar-refractivity contribution in [1.82, 2.24) is 4.98 Å². The van der Waals surface area contributed by atoms with Crippen molar-refractivity contribution in [3.05, 3.63) is 58.4 Å². The van der Waals surface area contributed by atoms with Gasteiger partial charge < -0.3 is 10.4 Å². The lowest BCUT2D eigenvalue weighted by atomic mass is 10.1. The second-order valence-corrected chi connectivity index (χ2v) is 4.76. The molecule has 2 aromatic rings. The van der Waals surface area contributed by atoms with Gasteiger partial charge >= 0.3 is 12.1 Å². The molecule has 0 unspecified atom stereocenters. The summed E-state index contributed by atoms with van der Waals surface area (Å²) in [5.74, 6) is -2.37. The summed E-state index contributed by atoms with van der Waals surface area (Å²) in [4.78, 5) is 26.8. The average molecular weight is 345 g/mol. The minimum Gasteiger partial charge on any atom is -0.478 e. The first-order valence-electron chi connectivity index (χ1n) is 6.06. The van der Waals surface area contributed by atoms with Gasteiger partial charge in [-0.05, 0) is 30.3 Å². The van der Waals surface area contributed by atoms with E-state index in [9.17, 15) is 22.8 Å². The molecule has 120 valence electrons. The number of carbonyl (C=O) groups excluding carboxylic acids is 1. The highest BCUT2D eigenvalue weighted by molar-refractivity contribution is 6.34. The van der Waals surface area contributed by atoms with E-state index in [0.717, 1.165) is 18.2 Å². The van der Waals surface area contributed by atoms with Crippen LogP contribution in [-0.2, 0) is 6.18 Å². The predicted octanol–water partition coefficient (Wildman–Crippen LogP) is 3.70. The summed E-state index contributed by atoms with van der Waals surface area (Å²) >= 11 is 5.76. The summed E-state index contributed by atoms with van der Waals surface area (Å²) in [6, 6.07) is 4.87. The Bertz CT molecular complexity index is 778. The zero-order valence-corrected chi connectivity index (χ0v) is 11.9. The Labute approximate surface area is 132 Å². The van der Waals surface area contributed by atoms with Gasteiger partial charge in [0.05, 0.1) is 21.8 Å². The standard InChI is InChI=1S/C14H8ClF3N2O3/c15-9-4-3-7(14(16,17)18)6-10(9)20-12(21)11-8(13(22)23)2-1-5-19-11/h1-6H,(H,20,21)(H,22,23). The van der Waals surface area contributed by atoms with E-state index >= 15 is 0 Å². The molecule has 0 saturated carbocycles. The molecule has 0 saturated heterocycles. The monoisotopic (exact) mass is 344 g/mol. The molecule has 1 heterocycles. The van der Waals surface area contributed by atoms with Crippen molar-refractivity contribution in [2.75, 3.05) is 5.32 Å². The van der Waals surface area contributed by atoms with Crippen LogP contribution in [0.4, 0.5) is 18.9 Å². The van der Waals surface area contributed by atoms with Gasteiger partial charge in [0, 0.05) is 6.20 Å². The number of hydrogen-bond donors (Lipinski definition) is 2. The molecular weight excluding hydrogens is 337 g/mol. The molecule has 0 aliphatic heterocycles. The number of aromatic carboxylic acids is 1. The number of amides is 1. The zero-order chi connectivity index (χ0) is 17.2. The average Bonchev–Trinajstić information content (AvgIpc) is 2.48. The quantitative estimate of drug-likeness (QED) is 0.889. The molecule has 0 atom stereocenters. The molecule has 0 aliphatic carbocycles. The highest BCUT2D eigenvalue weighted by Gasteiger charge is 2.31. The molecule has 1 aromatic carbocycles. The van der Waals surface area contributed by atoms with Gasteiger partial charge in [-0.15, -0.1) is 0 Å². The van der Waals surface area contributed by atoms with E-state index in [1.165, 1.54) is 12.3 Å². The second-order valence-electron chi connectivity index (χ2n) is 4.35. The molecule has 1 amide bonds. The van der Waals surface area contributed by atoms with Crippen LogP contribution in [0.2, 0.25) is 5.02 Å². The van der Waals surface area contributed by atoms with Gasteiger partial charge in [-0.3, -0.25) is 9.78 Å². The van der Waals surface area contributed by atoms with Crippen molar-refractivity contribution in [1.29, 1.82) is 0 Å². The summed E-state index contributed by atoms with van der Waals surface area (Å²) in [5, 5.41) is 11.0. The normalized spacial score (nSPS) is 11.1. The molecular formula is C14H8ClF3N2O3. The van der Waals surface area contributed by atoms with E-state index in [-0.39, 0.29) is 16.3 Å². The SMILES string of the molecule is O=C(O)c1cccnc1C(=O)Nc1cc(C(F)(F)F)ccc1Cl. The third-order valence-electron chi connectivity index (χ3n) is 2.80. The van der Waals surface area contributed by atoms with Gasteiger partial charge in [-0.25, -0.2) is 4.79 Å². The van der Waals surface area contributed by atoms with Crippen molar-refractivity contribution in [3.8, 4) is 0 Å². The van der Waals surface area contributed by atoms with Crippen LogP contribution in [0.15, 0.2) is 36.5 Å². The van der Waals surface area contributed by atoms with E-state index in [1.807, 2.05) is 0 Å². The summed E-state index contributed by atoms with van der Waals surface area (Å²) in [5.41, 5.74) is -2.12. The van der Waals surface area contributed by atoms with Gasteiger partial charge in [0.1, 0.15) is 5.69 Å². The van der Waals surface area contributed by atoms with Gasteiger partial charge in [-0.2, -0.15) is 13.2 Å². The van der Waals surface area contributed by atoms with Crippen molar-refractivity contribution >= 4 is 29.2 Å². The first-order valence-corrected chi connectivity index (χ1v) is 6.44. The summed E-state index contributed by atoms with van der Waals surface area (Å²) < 4.78 is 38.1. The van der Waals surface area contributed by atoms with Crippen LogP contribution in [-0.4, -0.2) is 22.0 Å². The fraction of sp³-hybridized carbons (Fsp3) is 0.0714. The fourth-order valence-corrected chi connectivity index (χ4v) is 1.90. The highest BCUT2D eigenvalue weighted by Crippen LogP contribution is 2.34. The Morgan fingerprint density at radius 1 is 1.22 bits per heavy atom. The topological polar surface area (TPSA) is 79.3 Å². The molecule has 0 spiro atoms. The lowest BCUT2D eigenvalue weighted by Crippen LogP contribution is -2.18. The predicted molar refractivity (Wildman–Crippen MR) is 75.6 cm³/mol. The van der Waals surface area contributed by atoms with Crippen LogP contribution in [0.3, 0.4) is 0 Å². The van der Waals surface area contributed by atoms with Crippen molar-refractivity contribution in [3.63, 3.8) is 0 Å². The summed E-state index contributed by atoms with van der Waals surface area (Å²) in [7, 11) is 0. The first kappa shape index (κ1) is 16.8. The van der Waals surface area contributed by atoms with Gasteiger partial charge in [-0.1, -0.05) is 11.6 Å². The molecule has 23 heavy (non-hydrogen) atoms. The van der Waals surface area contributed by atoms with E-state index in [2.05, 4.69) is 10.3 Å². The maximum atomic E-state index is 12.7. The Morgan fingerprint density at radius 2 is 1.91 bits per heavy atom. The molecule has 0 radical (unpaired) electrons. The smallest absolute Gasteiger partial charge is 0.416 e. The summed E-state index contributed by atoms with van der Waals surface area (Å²) in [6.07, 6.45) is -3.42. The number of nitrogens with one attached hydrogen (secondary N) is 1. The number of carbonyl (C=O) groups is 2. The number of carboxylic acid groups (broad SMARTS) is 1. The van der Waals surface area contributed by atoms with Crippen LogP contribution in [0, 0.1) is 0 Å². The van der Waals surface area contributed by atoms with Gasteiger partial charge in [0.25, 0.3) is 5.91 Å². The number of rotatable bonds is 3. The molecule has 1 aromatic heterocycles. The van der Waals surface area contributed by atoms with Crippen LogP contribution in [0.1, 0.15) is 26.4 Å².